The van der Waals surface area contributed by atoms with Crippen LogP contribution in [-0.4, -0.2) is 111 Å². The topological polar surface area (TPSA) is 237 Å². The molecule has 0 aliphatic carbocycles. The van der Waals surface area contributed by atoms with Gasteiger partial charge in [0.1, 0.15) is 31.4 Å². The van der Waals surface area contributed by atoms with Crippen LogP contribution in [0.5, 0.6) is 0 Å². The number of phosphoric acid groups is 2. The van der Waals surface area contributed by atoms with E-state index in [0.29, 0.717) is 38.9 Å². The van der Waals surface area contributed by atoms with Gasteiger partial charge in [0, 0.05) is 38.9 Å². The summed E-state index contributed by atoms with van der Waals surface area (Å²) in [5.74, 6) is -1.07. The number of aliphatic hydroxyl groups excluding tert-OH is 1. The maximum absolute atomic E-state index is 13.1. The van der Waals surface area contributed by atoms with Crippen molar-refractivity contribution in [2.45, 2.75) is 340 Å². The summed E-state index contributed by atoms with van der Waals surface area (Å²) in [6, 6.07) is 0. The number of esters is 2. The lowest BCUT2D eigenvalue weighted by atomic mass is 10.1. The zero-order valence-corrected chi connectivity index (χ0v) is 62.2. The first-order valence-corrected chi connectivity index (χ1v) is 41.1. The van der Waals surface area contributed by atoms with Gasteiger partial charge in [0.05, 0.1) is 33.0 Å². The van der Waals surface area contributed by atoms with E-state index in [1.54, 1.807) is 0 Å². The van der Waals surface area contributed by atoms with Gasteiger partial charge < -0.3 is 43.4 Å². The van der Waals surface area contributed by atoms with Crippen LogP contribution in [0, 0.1) is 0 Å². The monoisotopic (exact) mass is 1400 g/mol. The van der Waals surface area contributed by atoms with Crippen LogP contribution in [0.2, 0.25) is 0 Å². The molecule has 3 N–H and O–H groups in total. The Balaban J connectivity index is 5.22. The third kappa shape index (κ3) is 72.1. The molecule has 96 heavy (non-hydrogen) atoms. The number of phosphoric ester groups is 2. The third-order valence-electron chi connectivity index (χ3n) is 16.1. The zero-order chi connectivity index (χ0) is 70.0. The van der Waals surface area contributed by atoms with E-state index in [-0.39, 0.29) is 26.1 Å². The summed E-state index contributed by atoms with van der Waals surface area (Å²) in [5, 5.41) is 10.6. The Morgan fingerprint density at radius 2 is 0.656 bits per heavy atom. The molecule has 0 radical (unpaired) electrons. The van der Waals surface area contributed by atoms with Crippen LogP contribution in [0.15, 0.2) is 72.9 Å². The Hall–Kier alpha value is -3.18. The standard InChI is InChI=1S/C77H138O17P2/c1-3-5-7-9-11-13-15-17-19-25-31-37-43-49-55-61-76(81)89-70-75(94-77(82)62-56-50-44-38-32-26-20-18-16-14-12-10-8-6-4-2)72-93-96(85,86)91-68-73(80)67-90-95(83,84)92-71-74(88-66-60-54-48-42-36-30-24-22-28-34-40-46-52-58-64-79)69-87-65-59-53-47-41-35-29-23-21-27-33-39-45-51-57-63-78/h11-14,17-24,63-64,73-75,80H,3-10,15-16,25-62,65-72H2,1-2H3,(H,83,84)(H,85,86)/b13-11-,14-12-,19-17-,20-18-,23-21-,24-22-/t73-,74+,75+/m0/s1. The average molecular weight is 1400 g/mol. The summed E-state index contributed by atoms with van der Waals surface area (Å²) in [5.41, 5.74) is 0. The van der Waals surface area contributed by atoms with Crippen molar-refractivity contribution in [3.63, 3.8) is 0 Å². The fraction of sp³-hybridized carbons (Fsp3) is 0.792. The van der Waals surface area contributed by atoms with E-state index in [2.05, 4.69) is 86.8 Å². The second-order valence-corrected chi connectivity index (χ2v) is 28.4. The number of allylic oxidation sites excluding steroid dienone is 12. The summed E-state index contributed by atoms with van der Waals surface area (Å²) in [4.78, 5) is 68.0. The van der Waals surface area contributed by atoms with E-state index in [4.69, 9.17) is 37.0 Å². The maximum Gasteiger partial charge on any atom is 0.472 e. The van der Waals surface area contributed by atoms with E-state index in [1.807, 2.05) is 0 Å². The van der Waals surface area contributed by atoms with Crippen LogP contribution in [0.3, 0.4) is 0 Å². The van der Waals surface area contributed by atoms with Crippen molar-refractivity contribution in [1.29, 1.82) is 0 Å². The number of ether oxygens (including phenoxy) is 4. The average Bonchev–Trinajstić information content (AvgIpc) is 2.09. The second kappa shape index (κ2) is 73.1. The number of hydrogen-bond donors (Lipinski definition) is 3. The van der Waals surface area contributed by atoms with Crippen molar-refractivity contribution < 1.29 is 80.2 Å². The van der Waals surface area contributed by atoms with Gasteiger partial charge in [0.25, 0.3) is 0 Å². The van der Waals surface area contributed by atoms with Gasteiger partial charge in [-0.2, -0.15) is 0 Å². The number of unbranched alkanes of at least 4 members (excludes halogenated alkanes) is 36. The summed E-state index contributed by atoms with van der Waals surface area (Å²) < 4.78 is 69.8. The van der Waals surface area contributed by atoms with E-state index in [1.165, 1.54) is 38.5 Å². The predicted molar refractivity (Wildman–Crippen MR) is 391 cm³/mol. The molecule has 5 atom stereocenters. The third-order valence-corrected chi connectivity index (χ3v) is 18.1. The lowest BCUT2D eigenvalue weighted by Gasteiger charge is -2.21. The number of carbonyl (C=O) groups is 4. The number of aldehydes is 2. The number of carbonyl (C=O) groups excluding carboxylic acids is 4. The van der Waals surface area contributed by atoms with Gasteiger partial charge >= 0.3 is 27.6 Å². The van der Waals surface area contributed by atoms with Crippen molar-refractivity contribution in [3.05, 3.63) is 72.9 Å². The highest BCUT2D eigenvalue weighted by molar-refractivity contribution is 7.47. The molecular weight excluding hydrogens is 1260 g/mol. The van der Waals surface area contributed by atoms with Gasteiger partial charge in [-0.25, -0.2) is 9.13 Å². The molecule has 0 aromatic heterocycles. The van der Waals surface area contributed by atoms with Crippen LogP contribution < -0.4 is 0 Å². The number of aliphatic hydroxyl groups is 1. The van der Waals surface area contributed by atoms with E-state index in [9.17, 15) is 43.2 Å². The summed E-state index contributed by atoms with van der Waals surface area (Å²) in [6.45, 7) is 2.42. The smallest absolute Gasteiger partial charge is 0.462 e. The Bertz CT molecular complexity index is 2040. The molecule has 0 fully saturated rings. The summed E-state index contributed by atoms with van der Waals surface area (Å²) >= 11 is 0. The molecule has 0 aliphatic heterocycles. The first-order chi connectivity index (χ1) is 46.9. The highest BCUT2D eigenvalue weighted by atomic mass is 31.2. The molecule has 17 nitrogen and oxygen atoms in total. The Morgan fingerprint density at radius 1 is 0.344 bits per heavy atom. The zero-order valence-electron chi connectivity index (χ0n) is 60.4. The molecule has 2 unspecified atom stereocenters. The molecule has 19 heteroatoms. The van der Waals surface area contributed by atoms with Crippen LogP contribution in [0.1, 0.15) is 322 Å². The lowest BCUT2D eigenvalue weighted by Crippen LogP contribution is -2.30. The Kier molecular flexibility index (Phi) is 70.6. The fourth-order valence-electron chi connectivity index (χ4n) is 10.3. The molecule has 558 valence electrons. The highest BCUT2D eigenvalue weighted by Gasteiger charge is 2.30. The largest absolute Gasteiger partial charge is 0.472 e. The maximum atomic E-state index is 13.1. The van der Waals surface area contributed by atoms with Gasteiger partial charge in [-0.05, 0) is 154 Å². The van der Waals surface area contributed by atoms with Gasteiger partial charge in [0.2, 0.25) is 0 Å². The second-order valence-electron chi connectivity index (χ2n) is 25.5. The minimum atomic E-state index is -4.92. The Labute approximate surface area is 583 Å². The summed E-state index contributed by atoms with van der Waals surface area (Å²) in [6.07, 6.45) is 72.9. The summed E-state index contributed by atoms with van der Waals surface area (Å²) in [7, 11) is -9.69. The van der Waals surface area contributed by atoms with E-state index in [0.717, 1.165) is 244 Å². The van der Waals surface area contributed by atoms with Gasteiger partial charge in [0.15, 0.2) is 6.10 Å². The molecule has 0 rings (SSSR count). The van der Waals surface area contributed by atoms with E-state index >= 15 is 0 Å². The predicted octanol–water partition coefficient (Wildman–Crippen LogP) is 21.0. The molecule has 0 saturated carbocycles. The molecule has 0 amide bonds. The van der Waals surface area contributed by atoms with Crippen molar-refractivity contribution >= 4 is 40.2 Å². The minimum Gasteiger partial charge on any atom is -0.462 e. The molecule has 0 bridgehead atoms. The lowest BCUT2D eigenvalue weighted by molar-refractivity contribution is -0.161. The minimum absolute atomic E-state index is 0.0983. The van der Waals surface area contributed by atoms with Crippen LogP contribution in [0.4, 0.5) is 0 Å². The number of rotatable bonds is 76. The molecule has 0 aromatic rings. The van der Waals surface area contributed by atoms with Crippen LogP contribution in [-0.2, 0) is 65.4 Å². The highest BCUT2D eigenvalue weighted by Crippen LogP contribution is 2.45. The molecule has 0 spiro atoms. The van der Waals surface area contributed by atoms with Crippen LogP contribution >= 0.6 is 15.6 Å². The quantitative estimate of drug-likeness (QED) is 0.0169. The van der Waals surface area contributed by atoms with Crippen molar-refractivity contribution in [2.75, 3.05) is 52.9 Å². The molecule has 0 aromatic carbocycles. The van der Waals surface area contributed by atoms with Gasteiger partial charge in [-0.15, -0.1) is 0 Å². The van der Waals surface area contributed by atoms with Gasteiger partial charge in [-0.3, -0.25) is 27.7 Å². The molecule has 0 heterocycles. The van der Waals surface area contributed by atoms with Crippen LogP contribution in [0.25, 0.3) is 0 Å². The fourth-order valence-corrected chi connectivity index (χ4v) is 11.9. The van der Waals surface area contributed by atoms with Gasteiger partial charge in [-0.1, -0.05) is 215 Å². The first-order valence-electron chi connectivity index (χ1n) is 38.1. The molecular formula is C77H138O17P2. The number of hydrogen-bond acceptors (Lipinski definition) is 15. The Morgan fingerprint density at radius 3 is 1.05 bits per heavy atom. The molecule has 0 saturated heterocycles. The first kappa shape index (κ1) is 92.8. The van der Waals surface area contributed by atoms with E-state index < -0.39 is 72.3 Å². The SMILES string of the molecule is CCCCC/C=C\C/C=C\CCCCCCCC(=O)OC[C@H](COP(=O)(O)OC[C@@H](O)COP(=O)(O)OC[C@@H](COCCCCCCC/C=C\CCCCCCC=O)OCCCCCCC/C=C\CCCCCCC=O)OC(=O)CCCCCCC/C=C\C/C=C\CCCCC. The van der Waals surface area contributed by atoms with Crippen molar-refractivity contribution in [3.8, 4) is 0 Å². The van der Waals surface area contributed by atoms with Crippen molar-refractivity contribution in [1.82, 2.24) is 0 Å². The van der Waals surface area contributed by atoms with Crippen molar-refractivity contribution in [2.24, 2.45) is 0 Å². The molecule has 0 aliphatic rings. The normalized spacial score (nSPS) is 14.4.